The molecule has 0 saturated carbocycles. The van der Waals surface area contributed by atoms with Crippen LogP contribution in [0.2, 0.25) is 0 Å². The Balaban J connectivity index is 1.62. The van der Waals surface area contributed by atoms with Crippen molar-refractivity contribution in [3.8, 4) is 5.75 Å². The van der Waals surface area contributed by atoms with Gasteiger partial charge in [0.2, 0.25) is 0 Å². The zero-order valence-electron chi connectivity index (χ0n) is 19.9. The Hall–Kier alpha value is -2.67. The van der Waals surface area contributed by atoms with Gasteiger partial charge in [0.1, 0.15) is 35.2 Å². The summed E-state index contributed by atoms with van der Waals surface area (Å²) in [5.41, 5.74) is 5.01. The van der Waals surface area contributed by atoms with E-state index in [4.69, 9.17) is 15.2 Å². The molecule has 3 rings (SSSR count). The third kappa shape index (κ3) is 7.66. The van der Waals surface area contributed by atoms with E-state index in [9.17, 15) is 18.4 Å². The summed E-state index contributed by atoms with van der Waals surface area (Å²) in [7, 11) is 0. The van der Waals surface area contributed by atoms with Crippen LogP contribution in [-0.4, -0.2) is 66.7 Å². The van der Waals surface area contributed by atoms with Gasteiger partial charge in [0.05, 0.1) is 11.4 Å². The Morgan fingerprint density at radius 3 is 2.37 bits per heavy atom. The molecule has 3 N–H and O–H groups in total. The van der Waals surface area contributed by atoms with Crippen molar-refractivity contribution >= 4 is 46.0 Å². The van der Waals surface area contributed by atoms with E-state index in [2.05, 4.69) is 10.2 Å². The van der Waals surface area contributed by atoms with Crippen molar-refractivity contribution < 1.29 is 27.8 Å². The molecule has 0 spiro atoms. The molecule has 1 aliphatic heterocycles. The highest BCUT2D eigenvalue weighted by molar-refractivity contribution is 14.1. The van der Waals surface area contributed by atoms with Gasteiger partial charge >= 0.3 is 6.09 Å². The summed E-state index contributed by atoms with van der Waals surface area (Å²) in [6, 6.07) is 6.63. The number of nitrogens with zero attached hydrogens (tertiary/aromatic N) is 2. The molecule has 1 heterocycles. The lowest BCUT2D eigenvalue weighted by atomic mass is 10.1. The quantitative estimate of drug-likeness (QED) is 0.458. The summed E-state index contributed by atoms with van der Waals surface area (Å²) in [5.74, 6) is -2.08. The number of carbonyl (C=O) groups is 2. The van der Waals surface area contributed by atoms with E-state index in [-0.39, 0.29) is 35.4 Å². The van der Waals surface area contributed by atoms with Crippen LogP contribution in [-0.2, 0) is 4.74 Å². The number of ether oxygens (including phenoxy) is 2. The van der Waals surface area contributed by atoms with Crippen molar-refractivity contribution in [2.24, 2.45) is 5.73 Å². The van der Waals surface area contributed by atoms with Crippen molar-refractivity contribution in [2.45, 2.75) is 26.4 Å². The van der Waals surface area contributed by atoms with E-state index < -0.39 is 23.1 Å². The summed E-state index contributed by atoms with van der Waals surface area (Å²) in [6.07, 6.45) is -0.344. The predicted octanol–water partition coefficient (Wildman–Crippen LogP) is 4.34. The van der Waals surface area contributed by atoms with Crippen LogP contribution in [0.1, 0.15) is 31.1 Å². The van der Waals surface area contributed by atoms with Gasteiger partial charge in [-0.3, -0.25) is 9.69 Å². The minimum absolute atomic E-state index is 0.0126. The number of nitrogens with two attached hydrogens (primary N) is 1. The van der Waals surface area contributed by atoms with Gasteiger partial charge in [-0.15, -0.1) is 0 Å². The van der Waals surface area contributed by atoms with E-state index in [1.54, 1.807) is 11.0 Å². The molecule has 2 amide bonds. The average molecular weight is 602 g/mol. The summed E-state index contributed by atoms with van der Waals surface area (Å²) in [4.78, 5) is 28.1. The number of hydrogen-bond acceptors (Lipinski definition) is 6. The standard InChI is InChI=1S/C24H29F2IN4O4/c1-24(2,3)35-23(33)31-8-6-30(7-9-31)10-11-34-20-13-15(25)12-19(21(20)22(28)32)29-18-5-4-16(27)14-17(18)26/h4-5,12-14,29H,6-11H2,1-3H3,(H2,28,32). The lowest BCUT2D eigenvalue weighted by Gasteiger charge is -2.35. The average Bonchev–Trinajstić information content (AvgIpc) is 2.74. The fourth-order valence-electron chi connectivity index (χ4n) is 3.55. The number of piperazine rings is 1. The molecule has 0 atom stereocenters. The lowest BCUT2D eigenvalue weighted by Crippen LogP contribution is -2.50. The molecule has 11 heteroatoms. The van der Waals surface area contributed by atoms with E-state index in [0.29, 0.717) is 36.3 Å². The monoisotopic (exact) mass is 602 g/mol. The first kappa shape index (κ1) is 26.9. The maximum Gasteiger partial charge on any atom is 0.410 e. The number of halogens is 3. The van der Waals surface area contributed by atoms with E-state index in [1.807, 2.05) is 43.4 Å². The highest BCUT2D eigenvalue weighted by Crippen LogP contribution is 2.31. The van der Waals surface area contributed by atoms with Gasteiger partial charge in [0, 0.05) is 42.4 Å². The molecular weight excluding hydrogens is 573 g/mol. The maximum atomic E-state index is 14.3. The first-order chi connectivity index (χ1) is 16.4. The SMILES string of the molecule is CC(C)(C)OC(=O)N1CCN(CCOc2cc(F)cc(Nc3ccc(I)cc3F)c2C(N)=O)CC1. The van der Waals surface area contributed by atoms with Crippen molar-refractivity contribution in [1.82, 2.24) is 9.80 Å². The van der Waals surface area contributed by atoms with E-state index >= 15 is 0 Å². The number of primary amides is 1. The minimum atomic E-state index is -0.834. The Morgan fingerprint density at radius 1 is 1.09 bits per heavy atom. The molecule has 0 unspecified atom stereocenters. The zero-order chi connectivity index (χ0) is 25.8. The molecule has 0 aliphatic carbocycles. The second kappa shape index (κ2) is 11.4. The molecule has 1 fully saturated rings. The second-order valence-electron chi connectivity index (χ2n) is 9.10. The molecule has 1 saturated heterocycles. The van der Waals surface area contributed by atoms with Gasteiger partial charge in [-0.1, -0.05) is 0 Å². The van der Waals surface area contributed by atoms with E-state index in [0.717, 1.165) is 12.1 Å². The highest BCUT2D eigenvalue weighted by Gasteiger charge is 2.26. The predicted molar refractivity (Wildman–Crippen MR) is 137 cm³/mol. The Bertz CT molecular complexity index is 1090. The molecule has 0 aromatic heterocycles. The van der Waals surface area contributed by atoms with Crippen LogP contribution in [0.15, 0.2) is 30.3 Å². The highest BCUT2D eigenvalue weighted by atomic mass is 127. The van der Waals surface area contributed by atoms with Crippen LogP contribution in [0.5, 0.6) is 5.75 Å². The summed E-state index contributed by atoms with van der Waals surface area (Å²) in [5, 5.41) is 2.74. The van der Waals surface area contributed by atoms with Gasteiger partial charge in [-0.05, 0) is 67.6 Å². The van der Waals surface area contributed by atoms with Gasteiger partial charge in [-0.2, -0.15) is 0 Å². The molecule has 0 radical (unpaired) electrons. The number of carbonyl (C=O) groups excluding carboxylic acids is 2. The van der Waals surface area contributed by atoms with E-state index in [1.165, 1.54) is 12.1 Å². The number of anilines is 2. The van der Waals surface area contributed by atoms with Crippen LogP contribution in [0.25, 0.3) is 0 Å². The number of rotatable bonds is 7. The molecule has 2 aromatic carbocycles. The smallest absolute Gasteiger partial charge is 0.410 e. The normalized spacial score (nSPS) is 14.5. The van der Waals surface area contributed by atoms with Gasteiger partial charge in [-0.25, -0.2) is 13.6 Å². The fourth-order valence-corrected chi connectivity index (χ4v) is 4.00. The molecule has 190 valence electrons. The third-order valence-electron chi connectivity index (χ3n) is 5.20. The fraction of sp³-hybridized carbons (Fsp3) is 0.417. The third-order valence-corrected chi connectivity index (χ3v) is 5.87. The number of benzene rings is 2. The number of amides is 2. The van der Waals surface area contributed by atoms with Crippen molar-refractivity contribution in [1.29, 1.82) is 0 Å². The maximum absolute atomic E-state index is 14.3. The lowest BCUT2D eigenvalue weighted by molar-refractivity contribution is 0.0137. The molecule has 8 nitrogen and oxygen atoms in total. The Kier molecular flexibility index (Phi) is 8.75. The molecule has 2 aromatic rings. The molecule has 1 aliphatic rings. The first-order valence-electron chi connectivity index (χ1n) is 11.1. The Labute approximate surface area is 216 Å². The molecule has 35 heavy (non-hydrogen) atoms. The number of nitrogens with one attached hydrogen (secondary N) is 1. The van der Waals surface area contributed by atoms with Crippen molar-refractivity contribution in [3.05, 3.63) is 51.1 Å². The van der Waals surface area contributed by atoms with Gasteiger partial charge in [0.15, 0.2) is 0 Å². The zero-order valence-corrected chi connectivity index (χ0v) is 22.0. The van der Waals surface area contributed by atoms with Crippen LogP contribution in [0.3, 0.4) is 0 Å². The summed E-state index contributed by atoms with van der Waals surface area (Å²) in [6.45, 7) is 8.38. The minimum Gasteiger partial charge on any atom is -0.491 e. The van der Waals surface area contributed by atoms with Crippen molar-refractivity contribution in [2.75, 3.05) is 44.6 Å². The largest absolute Gasteiger partial charge is 0.491 e. The van der Waals surface area contributed by atoms with Crippen LogP contribution in [0, 0.1) is 15.2 Å². The topological polar surface area (TPSA) is 97.1 Å². The molecular formula is C24H29F2IN4O4. The number of hydrogen-bond donors (Lipinski definition) is 2. The molecule has 0 bridgehead atoms. The van der Waals surface area contributed by atoms with Crippen LogP contribution < -0.4 is 15.8 Å². The van der Waals surface area contributed by atoms with Crippen LogP contribution in [0.4, 0.5) is 25.0 Å². The van der Waals surface area contributed by atoms with Crippen molar-refractivity contribution in [3.63, 3.8) is 0 Å². The van der Waals surface area contributed by atoms with Crippen LogP contribution >= 0.6 is 22.6 Å². The van der Waals surface area contributed by atoms with Gasteiger partial charge in [0.25, 0.3) is 5.91 Å². The van der Waals surface area contributed by atoms with Gasteiger partial charge < -0.3 is 25.4 Å². The summed E-state index contributed by atoms with van der Waals surface area (Å²) >= 11 is 1.97. The summed E-state index contributed by atoms with van der Waals surface area (Å²) < 4.78 is 40.4. The second-order valence-corrected chi connectivity index (χ2v) is 10.3. The first-order valence-corrected chi connectivity index (χ1v) is 12.2. The Morgan fingerprint density at radius 2 is 1.77 bits per heavy atom.